The molecule has 2 aliphatic heterocycles. The molecule has 0 spiro atoms. The maximum absolute atomic E-state index is 14.9. The van der Waals surface area contributed by atoms with Gasteiger partial charge in [0.2, 0.25) is 0 Å². The van der Waals surface area contributed by atoms with Gasteiger partial charge in [0.1, 0.15) is 11.6 Å². The molecule has 4 heterocycles. The molecule has 1 aromatic carbocycles. The number of aromatic nitrogens is 4. The Morgan fingerprint density at radius 2 is 1.82 bits per heavy atom. The molecule has 2 bridgehead atoms. The number of hydrogen-bond donors (Lipinski definition) is 1. The molecule has 5 rings (SSSR count). The summed E-state index contributed by atoms with van der Waals surface area (Å²) in [6, 6.07) is 5.36. The molecule has 0 saturated carbocycles. The van der Waals surface area contributed by atoms with E-state index < -0.39 is 23.6 Å². The highest BCUT2D eigenvalue weighted by Gasteiger charge is 2.49. The lowest BCUT2D eigenvalue weighted by atomic mass is 9.95. The van der Waals surface area contributed by atoms with Crippen molar-refractivity contribution in [2.75, 3.05) is 5.32 Å². The first-order chi connectivity index (χ1) is 15.8. The molecular formula is C22H18F4N6O. The van der Waals surface area contributed by atoms with E-state index >= 15 is 0 Å². The van der Waals surface area contributed by atoms with Gasteiger partial charge in [-0.25, -0.2) is 24.3 Å². The van der Waals surface area contributed by atoms with Gasteiger partial charge in [0.15, 0.2) is 11.5 Å². The Bertz CT molecular complexity index is 1170. The van der Waals surface area contributed by atoms with Gasteiger partial charge in [0.25, 0.3) is 5.91 Å². The number of anilines is 1. The van der Waals surface area contributed by atoms with Crippen molar-refractivity contribution >= 4 is 11.7 Å². The molecule has 2 fully saturated rings. The smallest absolute Gasteiger partial charge is 0.364 e. The summed E-state index contributed by atoms with van der Waals surface area (Å²) in [5, 5.41) is 3.09. The van der Waals surface area contributed by atoms with Crippen LogP contribution in [0, 0.1) is 5.82 Å². The van der Waals surface area contributed by atoms with Gasteiger partial charge in [-0.3, -0.25) is 4.79 Å². The lowest BCUT2D eigenvalue weighted by Crippen LogP contribution is -2.40. The van der Waals surface area contributed by atoms with Gasteiger partial charge < -0.3 is 10.2 Å². The van der Waals surface area contributed by atoms with E-state index in [4.69, 9.17) is 0 Å². The average molecular weight is 458 g/mol. The van der Waals surface area contributed by atoms with Crippen LogP contribution in [-0.2, 0) is 6.18 Å². The summed E-state index contributed by atoms with van der Waals surface area (Å²) in [4.78, 5) is 30.7. The zero-order valence-electron chi connectivity index (χ0n) is 17.1. The molecule has 2 saturated heterocycles. The number of fused-ring (bicyclic) bond motifs is 2. The third-order valence-corrected chi connectivity index (χ3v) is 6.08. The fourth-order valence-corrected chi connectivity index (χ4v) is 4.69. The van der Waals surface area contributed by atoms with Crippen LogP contribution in [0.25, 0.3) is 11.4 Å². The fourth-order valence-electron chi connectivity index (χ4n) is 4.69. The van der Waals surface area contributed by atoms with Crippen molar-refractivity contribution in [2.24, 2.45) is 0 Å². The van der Waals surface area contributed by atoms with Gasteiger partial charge in [-0.1, -0.05) is 12.1 Å². The van der Waals surface area contributed by atoms with Crippen LogP contribution in [-0.4, -0.2) is 48.9 Å². The number of alkyl halides is 3. The van der Waals surface area contributed by atoms with Crippen molar-refractivity contribution in [1.29, 1.82) is 0 Å². The molecule has 3 aromatic rings. The number of amides is 1. The molecule has 2 aromatic heterocycles. The van der Waals surface area contributed by atoms with E-state index in [2.05, 4.69) is 25.3 Å². The maximum Gasteiger partial charge on any atom is 0.434 e. The third-order valence-electron chi connectivity index (χ3n) is 6.08. The van der Waals surface area contributed by atoms with Crippen LogP contribution in [0.3, 0.4) is 0 Å². The molecular weight excluding hydrogens is 440 g/mol. The van der Waals surface area contributed by atoms with Gasteiger partial charge >= 0.3 is 6.18 Å². The normalized spacial score (nSPS) is 21.9. The highest BCUT2D eigenvalue weighted by Crippen LogP contribution is 2.41. The average Bonchev–Trinajstić information content (AvgIpc) is 3.37. The highest BCUT2D eigenvalue weighted by molar-refractivity contribution is 6.01. The van der Waals surface area contributed by atoms with Crippen molar-refractivity contribution in [3.63, 3.8) is 0 Å². The number of carbonyl (C=O) groups is 1. The van der Waals surface area contributed by atoms with Gasteiger partial charge in [-0.15, -0.1) is 0 Å². The Labute approximate surface area is 185 Å². The summed E-state index contributed by atoms with van der Waals surface area (Å²) in [5.74, 6) is -0.668. The van der Waals surface area contributed by atoms with Crippen LogP contribution in [0.2, 0.25) is 0 Å². The van der Waals surface area contributed by atoms with Crippen LogP contribution >= 0.6 is 0 Å². The monoisotopic (exact) mass is 458 g/mol. The van der Waals surface area contributed by atoms with E-state index in [0.29, 0.717) is 24.6 Å². The molecule has 11 heteroatoms. The predicted octanol–water partition coefficient (Wildman–Crippen LogP) is 3.95. The van der Waals surface area contributed by atoms with Crippen molar-refractivity contribution in [2.45, 2.75) is 43.6 Å². The minimum absolute atomic E-state index is 0.0874. The first-order valence-electron chi connectivity index (χ1n) is 10.4. The lowest BCUT2D eigenvalue weighted by molar-refractivity contribution is -0.141. The zero-order chi connectivity index (χ0) is 23.2. The molecule has 1 N–H and O–H groups in total. The SMILES string of the molecule is O=C(c1c(F)cccc1-c1ncccn1)N1C2CCC1C(Nc1cnc(C(F)(F)F)cn1)C2. The Hall–Kier alpha value is -3.63. The van der Waals surface area contributed by atoms with E-state index in [1.54, 1.807) is 17.0 Å². The predicted molar refractivity (Wildman–Crippen MR) is 109 cm³/mol. The summed E-state index contributed by atoms with van der Waals surface area (Å²) in [6.45, 7) is 0. The summed E-state index contributed by atoms with van der Waals surface area (Å²) in [6.07, 6.45) is 2.20. The Kier molecular flexibility index (Phi) is 5.18. The number of halogens is 4. The fraction of sp³-hybridized carbons (Fsp3) is 0.318. The van der Waals surface area contributed by atoms with Crippen molar-refractivity contribution < 1.29 is 22.4 Å². The summed E-state index contributed by atoms with van der Waals surface area (Å²) in [7, 11) is 0. The van der Waals surface area contributed by atoms with E-state index in [1.807, 2.05) is 0 Å². The molecule has 33 heavy (non-hydrogen) atoms. The van der Waals surface area contributed by atoms with Crippen LogP contribution in [0.5, 0.6) is 0 Å². The Balaban J connectivity index is 1.39. The Morgan fingerprint density at radius 3 is 2.52 bits per heavy atom. The van der Waals surface area contributed by atoms with Crippen LogP contribution in [0.15, 0.2) is 49.1 Å². The number of nitrogens with zero attached hydrogens (tertiary/aromatic N) is 5. The standard InChI is InChI=1S/C22H18F4N6O/c23-14-4-1-3-13(20-27-7-2-8-28-20)19(14)21(33)32-12-5-6-16(32)15(9-12)31-18-11-29-17(10-30-18)22(24,25)26/h1-4,7-8,10-12,15-16H,5-6,9H2,(H,30,31). The van der Waals surface area contributed by atoms with Crippen molar-refractivity contribution in [3.8, 4) is 11.4 Å². The maximum atomic E-state index is 14.9. The number of carbonyl (C=O) groups excluding carboxylic acids is 1. The zero-order valence-corrected chi connectivity index (χ0v) is 17.1. The van der Waals surface area contributed by atoms with Crippen LogP contribution in [0.1, 0.15) is 35.3 Å². The summed E-state index contributed by atoms with van der Waals surface area (Å²) < 4.78 is 53.1. The van der Waals surface area contributed by atoms with E-state index in [-0.39, 0.29) is 35.3 Å². The van der Waals surface area contributed by atoms with Gasteiger partial charge in [0.05, 0.1) is 30.0 Å². The third kappa shape index (κ3) is 3.87. The second-order valence-electron chi connectivity index (χ2n) is 8.02. The second kappa shape index (κ2) is 8.05. The lowest BCUT2D eigenvalue weighted by Gasteiger charge is -2.26. The second-order valence-corrected chi connectivity index (χ2v) is 8.02. The Morgan fingerprint density at radius 1 is 1.03 bits per heavy atom. The van der Waals surface area contributed by atoms with Gasteiger partial charge in [-0.2, -0.15) is 13.2 Å². The van der Waals surface area contributed by atoms with Crippen LogP contribution in [0.4, 0.5) is 23.4 Å². The number of rotatable bonds is 4. The molecule has 7 nitrogen and oxygen atoms in total. The molecule has 0 aliphatic carbocycles. The highest BCUT2D eigenvalue weighted by atomic mass is 19.4. The topological polar surface area (TPSA) is 83.9 Å². The molecule has 3 atom stereocenters. The largest absolute Gasteiger partial charge is 0.434 e. The molecule has 0 radical (unpaired) electrons. The first kappa shape index (κ1) is 21.2. The van der Waals surface area contributed by atoms with Crippen LogP contribution < -0.4 is 5.32 Å². The van der Waals surface area contributed by atoms with Gasteiger partial charge in [0, 0.05) is 24.0 Å². The summed E-state index contributed by atoms with van der Waals surface area (Å²) in [5.41, 5.74) is -0.853. The minimum Gasteiger partial charge on any atom is -0.364 e. The quantitative estimate of drug-likeness (QED) is 0.596. The van der Waals surface area contributed by atoms with Gasteiger partial charge in [-0.05, 0) is 31.4 Å². The molecule has 170 valence electrons. The molecule has 3 unspecified atom stereocenters. The number of nitrogens with one attached hydrogen (secondary N) is 1. The van der Waals surface area contributed by atoms with E-state index in [1.165, 1.54) is 24.5 Å². The van der Waals surface area contributed by atoms with E-state index in [9.17, 15) is 22.4 Å². The number of benzene rings is 1. The summed E-state index contributed by atoms with van der Waals surface area (Å²) >= 11 is 0. The first-order valence-corrected chi connectivity index (χ1v) is 10.4. The van der Waals surface area contributed by atoms with Crippen molar-refractivity contribution in [3.05, 3.63) is 66.1 Å². The minimum atomic E-state index is -4.57. The van der Waals surface area contributed by atoms with E-state index in [0.717, 1.165) is 12.6 Å². The molecule has 2 aliphatic rings. The van der Waals surface area contributed by atoms with Crippen molar-refractivity contribution in [1.82, 2.24) is 24.8 Å². The molecule has 1 amide bonds. The number of hydrogen-bond acceptors (Lipinski definition) is 6.